The molecule has 8 heteroatoms. The maximum atomic E-state index is 8.98. The average molecular weight is 385 g/mol. The number of aliphatic hydroxyl groups excluding tert-OH is 1. The molecular formula is C21H19N7O. The van der Waals surface area contributed by atoms with Gasteiger partial charge in [-0.05, 0) is 42.3 Å². The van der Waals surface area contributed by atoms with Crippen LogP contribution < -0.4 is 0 Å². The van der Waals surface area contributed by atoms with Gasteiger partial charge in [-0.25, -0.2) is 0 Å². The summed E-state index contributed by atoms with van der Waals surface area (Å²) in [5, 5.41) is 27.7. The van der Waals surface area contributed by atoms with E-state index in [2.05, 4.69) is 38.5 Å². The molecule has 1 N–H and O–H groups in total. The maximum Gasteiger partial charge on any atom is 0.177 e. The molecule has 0 unspecified atom stereocenters. The standard InChI is InChI=1S/C21H19N7O/c29-10-2-9-27-14-17(13-23-27)19-6-7-20-24-25-21(28(20)26-19)12-15-4-5-18-16(11-15)3-1-8-22-18/h1,3-8,11,13-14,29H,2,9-10,12H2. The first-order valence-corrected chi connectivity index (χ1v) is 9.49. The summed E-state index contributed by atoms with van der Waals surface area (Å²) in [5.74, 6) is 0.776. The first kappa shape index (κ1) is 17.4. The molecule has 29 heavy (non-hydrogen) atoms. The number of pyridine rings is 1. The lowest BCUT2D eigenvalue weighted by molar-refractivity contribution is 0.277. The molecule has 0 saturated heterocycles. The number of rotatable bonds is 6. The SMILES string of the molecule is OCCCn1cc(-c2ccc3nnc(Cc4ccc5ncccc5c4)n3n2)cn1. The second-order valence-corrected chi connectivity index (χ2v) is 6.88. The summed E-state index contributed by atoms with van der Waals surface area (Å²) in [6, 6.07) is 14.0. The minimum Gasteiger partial charge on any atom is -0.396 e. The number of nitrogens with zero attached hydrogens (tertiary/aromatic N) is 7. The zero-order valence-electron chi connectivity index (χ0n) is 15.7. The molecule has 5 rings (SSSR count). The molecule has 0 aliphatic heterocycles. The molecule has 0 bridgehead atoms. The normalized spacial score (nSPS) is 11.5. The van der Waals surface area contributed by atoms with E-state index in [0.717, 1.165) is 33.5 Å². The van der Waals surface area contributed by atoms with Gasteiger partial charge in [0.05, 0.1) is 17.4 Å². The van der Waals surface area contributed by atoms with E-state index in [0.29, 0.717) is 25.0 Å². The van der Waals surface area contributed by atoms with Gasteiger partial charge in [-0.2, -0.15) is 14.7 Å². The fourth-order valence-corrected chi connectivity index (χ4v) is 3.37. The third-order valence-electron chi connectivity index (χ3n) is 4.83. The van der Waals surface area contributed by atoms with Gasteiger partial charge in [-0.1, -0.05) is 12.1 Å². The lowest BCUT2D eigenvalue weighted by atomic mass is 10.1. The molecule has 0 spiro atoms. The van der Waals surface area contributed by atoms with Crippen LogP contribution in [0.25, 0.3) is 27.8 Å². The fraction of sp³-hybridized carbons (Fsp3) is 0.190. The Labute approximate surface area is 166 Å². The summed E-state index contributed by atoms with van der Waals surface area (Å²) in [4.78, 5) is 4.37. The lowest BCUT2D eigenvalue weighted by Gasteiger charge is -2.04. The van der Waals surface area contributed by atoms with Gasteiger partial charge in [0.15, 0.2) is 11.5 Å². The van der Waals surface area contributed by atoms with Crippen LogP contribution in [0.3, 0.4) is 0 Å². The summed E-state index contributed by atoms with van der Waals surface area (Å²) in [7, 11) is 0. The average Bonchev–Trinajstić information content (AvgIpc) is 3.39. The summed E-state index contributed by atoms with van der Waals surface area (Å²) >= 11 is 0. The van der Waals surface area contributed by atoms with Gasteiger partial charge in [-0.3, -0.25) is 9.67 Å². The van der Waals surface area contributed by atoms with Crippen LogP contribution in [0.5, 0.6) is 0 Å². The van der Waals surface area contributed by atoms with Gasteiger partial charge < -0.3 is 5.11 Å². The molecule has 0 aliphatic rings. The van der Waals surface area contributed by atoms with Crippen molar-refractivity contribution in [3.05, 3.63) is 72.4 Å². The first-order valence-electron chi connectivity index (χ1n) is 9.49. The smallest absolute Gasteiger partial charge is 0.177 e. The van der Waals surface area contributed by atoms with Crippen LogP contribution in [-0.2, 0) is 13.0 Å². The highest BCUT2D eigenvalue weighted by Gasteiger charge is 2.11. The van der Waals surface area contributed by atoms with Crippen molar-refractivity contribution in [2.45, 2.75) is 19.4 Å². The Kier molecular flexibility index (Phi) is 4.45. The van der Waals surface area contributed by atoms with Crippen LogP contribution in [0, 0.1) is 0 Å². The second kappa shape index (κ2) is 7.40. The van der Waals surface area contributed by atoms with Gasteiger partial charge >= 0.3 is 0 Å². The second-order valence-electron chi connectivity index (χ2n) is 6.88. The summed E-state index contributed by atoms with van der Waals surface area (Å²) in [6.45, 7) is 0.821. The van der Waals surface area contributed by atoms with Gasteiger partial charge in [-0.15, -0.1) is 10.2 Å². The molecule has 4 heterocycles. The van der Waals surface area contributed by atoms with Crippen molar-refractivity contribution in [3.8, 4) is 11.3 Å². The number of aryl methyl sites for hydroxylation is 1. The lowest BCUT2D eigenvalue weighted by Crippen LogP contribution is -2.01. The predicted molar refractivity (Wildman–Crippen MR) is 108 cm³/mol. The van der Waals surface area contributed by atoms with Crippen molar-refractivity contribution in [3.63, 3.8) is 0 Å². The van der Waals surface area contributed by atoms with Gasteiger partial charge in [0.25, 0.3) is 0 Å². The van der Waals surface area contributed by atoms with E-state index in [-0.39, 0.29) is 6.61 Å². The van der Waals surface area contributed by atoms with E-state index in [9.17, 15) is 0 Å². The van der Waals surface area contributed by atoms with Crippen molar-refractivity contribution >= 4 is 16.6 Å². The Hall–Kier alpha value is -3.65. The van der Waals surface area contributed by atoms with Crippen molar-refractivity contribution in [2.24, 2.45) is 0 Å². The Morgan fingerprint density at radius 1 is 1.03 bits per heavy atom. The molecule has 4 aromatic heterocycles. The summed E-state index contributed by atoms with van der Waals surface area (Å²) in [6.07, 6.45) is 6.81. The van der Waals surface area contributed by atoms with E-state index < -0.39 is 0 Å². The van der Waals surface area contributed by atoms with Gasteiger partial charge in [0, 0.05) is 42.9 Å². The number of hydrogen-bond acceptors (Lipinski definition) is 6. The van der Waals surface area contributed by atoms with Crippen molar-refractivity contribution in [1.82, 2.24) is 34.6 Å². The summed E-state index contributed by atoms with van der Waals surface area (Å²) in [5.41, 5.74) is 4.53. The quantitative estimate of drug-likeness (QED) is 0.483. The highest BCUT2D eigenvalue weighted by Crippen LogP contribution is 2.19. The molecule has 1 aromatic carbocycles. The minimum absolute atomic E-state index is 0.147. The Morgan fingerprint density at radius 3 is 2.93 bits per heavy atom. The number of aliphatic hydroxyl groups is 1. The maximum absolute atomic E-state index is 8.98. The number of fused-ring (bicyclic) bond motifs is 2. The predicted octanol–water partition coefficient (Wildman–Crippen LogP) is 2.51. The molecule has 8 nitrogen and oxygen atoms in total. The van der Waals surface area contributed by atoms with Crippen molar-refractivity contribution < 1.29 is 5.11 Å². The highest BCUT2D eigenvalue weighted by molar-refractivity contribution is 5.79. The monoisotopic (exact) mass is 385 g/mol. The molecule has 0 aliphatic carbocycles. The van der Waals surface area contributed by atoms with E-state index >= 15 is 0 Å². The summed E-state index contributed by atoms with van der Waals surface area (Å²) < 4.78 is 3.60. The molecule has 0 saturated carbocycles. The van der Waals surface area contributed by atoms with Crippen LogP contribution >= 0.6 is 0 Å². The Balaban J connectivity index is 1.46. The Morgan fingerprint density at radius 2 is 2.00 bits per heavy atom. The van der Waals surface area contributed by atoms with Crippen LogP contribution in [-0.4, -0.2) is 46.3 Å². The first-order chi connectivity index (χ1) is 14.3. The third-order valence-corrected chi connectivity index (χ3v) is 4.83. The van der Waals surface area contributed by atoms with Crippen LogP contribution in [0.15, 0.2) is 61.1 Å². The van der Waals surface area contributed by atoms with Crippen LogP contribution in [0.4, 0.5) is 0 Å². The van der Waals surface area contributed by atoms with E-state index in [1.54, 1.807) is 16.9 Å². The molecule has 5 aromatic rings. The number of hydrogen-bond donors (Lipinski definition) is 1. The Bertz CT molecular complexity index is 1290. The zero-order valence-corrected chi connectivity index (χ0v) is 15.7. The van der Waals surface area contributed by atoms with E-state index in [1.165, 1.54) is 0 Å². The van der Waals surface area contributed by atoms with E-state index in [1.807, 2.05) is 35.1 Å². The van der Waals surface area contributed by atoms with Crippen LogP contribution in [0.1, 0.15) is 17.8 Å². The zero-order chi connectivity index (χ0) is 19.6. The molecule has 0 atom stereocenters. The molecule has 0 amide bonds. The fourth-order valence-electron chi connectivity index (χ4n) is 3.37. The third kappa shape index (κ3) is 3.45. The largest absolute Gasteiger partial charge is 0.396 e. The highest BCUT2D eigenvalue weighted by atomic mass is 16.3. The molecule has 0 radical (unpaired) electrons. The van der Waals surface area contributed by atoms with Crippen molar-refractivity contribution in [1.29, 1.82) is 0 Å². The molecular weight excluding hydrogens is 366 g/mol. The van der Waals surface area contributed by atoms with E-state index in [4.69, 9.17) is 10.2 Å². The minimum atomic E-state index is 0.147. The van der Waals surface area contributed by atoms with Crippen molar-refractivity contribution in [2.75, 3.05) is 6.61 Å². The topological polar surface area (TPSA) is 94.0 Å². The van der Waals surface area contributed by atoms with Gasteiger partial charge in [0.1, 0.15) is 0 Å². The van der Waals surface area contributed by atoms with Crippen LogP contribution in [0.2, 0.25) is 0 Å². The number of aromatic nitrogens is 7. The molecule has 0 fully saturated rings. The van der Waals surface area contributed by atoms with Gasteiger partial charge in [0.2, 0.25) is 0 Å². The molecule has 144 valence electrons. The number of benzene rings is 1.